The van der Waals surface area contributed by atoms with Crippen molar-refractivity contribution in [1.82, 2.24) is 0 Å². The van der Waals surface area contributed by atoms with Crippen molar-refractivity contribution in [2.45, 2.75) is 31.3 Å². The number of hydrogen-bond donors (Lipinski definition) is 0. The molecule has 2 aliphatic rings. The Hall–Kier alpha value is 0.152. The molecule has 2 aliphatic heterocycles. The summed E-state index contributed by atoms with van der Waals surface area (Å²) in [7, 11) is 4.49. The molecule has 5 heteroatoms. The second kappa shape index (κ2) is 10.1. The first-order valence-corrected chi connectivity index (χ1v) is 7.90. The maximum atomic E-state index is 4.56. The summed E-state index contributed by atoms with van der Waals surface area (Å²) in [5, 5.41) is 13.4. The fraction of sp³-hybridized carbons (Fsp3) is 0.667. The molecule has 2 atom stereocenters. The predicted molar refractivity (Wildman–Crippen MR) is 70.2 cm³/mol. The number of rotatable bonds is 4. The van der Waals surface area contributed by atoms with Crippen LogP contribution in [0.5, 0.6) is 0 Å². The van der Waals surface area contributed by atoms with Gasteiger partial charge in [-0.05, 0) is 0 Å². The molecule has 0 N–H and O–H groups in total. The zero-order chi connectivity index (χ0) is 12.3. The van der Waals surface area contributed by atoms with Gasteiger partial charge in [-0.3, -0.25) is 0 Å². The van der Waals surface area contributed by atoms with Gasteiger partial charge in [-0.2, -0.15) is 25.3 Å². The van der Waals surface area contributed by atoms with Gasteiger partial charge in [0.25, 0.3) is 0 Å². The maximum absolute atomic E-state index is 4.56. The average Bonchev–Trinajstić information content (AvgIpc) is 2.43. The molecule has 0 aliphatic carbocycles. The van der Waals surface area contributed by atoms with E-state index in [9.17, 15) is 0 Å². The third-order valence-electron chi connectivity index (χ3n) is 2.80. The fourth-order valence-electron chi connectivity index (χ4n) is 1.92. The summed E-state index contributed by atoms with van der Waals surface area (Å²) in [5.41, 5.74) is 0. The van der Waals surface area contributed by atoms with E-state index in [0.29, 0.717) is 6.04 Å². The number of nitrogens with zero attached hydrogens (tertiary/aromatic N) is 3. The van der Waals surface area contributed by atoms with Gasteiger partial charge in [0, 0.05) is 0 Å². The van der Waals surface area contributed by atoms with Crippen molar-refractivity contribution in [3.8, 4) is 0 Å². The number of allylic oxidation sites excluding steroid dienone is 2. The number of hydrogen-bond acceptors (Lipinski definition) is 0. The van der Waals surface area contributed by atoms with Crippen molar-refractivity contribution in [1.29, 1.82) is 0 Å². The van der Waals surface area contributed by atoms with E-state index in [0.717, 1.165) is 19.6 Å². The molecular formula is C12H18ClN3Pd-2. The molecule has 100 valence electrons. The Balaban J connectivity index is 0.000000686. The molecule has 17 heavy (non-hydrogen) atoms. The van der Waals surface area contributed by atoms with Gasteiger partial charge < -0.3 is 16.0 Å². The second-order valence-electron chi connectivity index (χ2n) is 4.09. The standard InChI is InChI=1S/C12H18N3.ClH.Pd/c1-3-7-14-11(5-1)9-13-10-12-6-2-4-8-15-12;;/h1,3,5,7,11-12H,2,4,6,8-10H2;1H;/q-3;;+2/p-1. The summed E-state index contributed by atoms with van der Waals surface area (Å²) in [6.07, 6.45) is 11.8. The minimum atomic E-state index is 0.263. The van der Waals surface area contributed by atoms with Crippen molar-refractivity contribution in [3.63, 3.8) is 0 Å². The normalized spacial score (nSPS) is 27.0. The van der Waals surface area contributed by atoms with Crippen LogP contribution in [0.4, 0.5) is 0 Å². The summed E-state index contributed by atoms with van der Waals surface area (Å²) in [5.74, 6) is 0. The van der Waals surface area contributed by atoms with Gasteiger partial charge in [-0.15, -0.1) is 18.7 Å². The Morgan fingerprint density at radius 3 is 2.76 bits per heavy atom. The van der Waals surface area contributed by atoms with E-state index in [1.807, 2.05) is 18.4 Å². The third kappa shape index (κ3) is 6.59. The monoisotopic (exact) mass is 345 g/mol. The van der Waals surface area contributed by atoms with Gasteiger partial charge in [0.15, 0.2) is 0 Å². The molecule has 1 fully saturated rings. The van der Waals surface area contributed by atoms with E-state index in [-0.39, 0.29) is 6.04 Å². The summed E-state index contributed by atoms with van der Waals surface area (Å²) in [4.78, 5) is 0. The van der Waals surface area contributed by atoms with Crippen LogP contribution in [0.15, 0.2) is 24.4 Å². The molecule has 1 saturated heterocycles. The van der Waals surface area contributed by atoms with Crippen molar-refractivity contribution >= 4 is 9.53 Å². The van der Waals surface area contributed by atoms with Crippen molar-refractivity contribution in [2.24, 2.45) is 0 Å². The van der Waals surface area contributed by atoms with E-state index in [4.69, 9.17) is 0 Å². The SMILES string of the molecule is C1=C[N-]C(C[N-]CC2CCCC[N-]2)C=C1.[Cl][Pd+]. The third-order valence-corrected chi connectivity index (χ3v) is 2.80. The van der Waals surface area contributed by atoms with Gasteiger partial charge in [-0.25, -0.2) is 0 Å². The van der Waals surface area contributed by atoms with Gasteiger partial charge in [0.2, 0.25) is 0 Å². The molecule has 0 bridgehead atoms. The van der Waals surface area contributed by atoms with Gasteiger partial charge >= 0.3 is 27.7 Å². The molecule has 0 saturated carbocycles. The molecule has 2 heterocycles. The van der Waals surface area contributed by atoms with Crippen molar-refractivity contribution in [3.05, 3.63) is 40.4 Å². The Bertz CT molecular complexity index is 240. The molecular weight excluding hydrogens is 328 g/mol. The summed E-state index contributed by atoms with van der Waals surface area (Å²) >= 11 is 2.22. The molecule has 0 radical (unpaired) electrons. The predicted octanol–water partition coefficient (Wildman–Crippen LogP) is 3.80. The van der Waals surface area contributed by atoms with Crippen LogP contribution in [-0.2, 0) is 18.2 Å². The fourth-order valence-corrected chi connectivity index (χ4v) is 1.92. The quantitative estimate of drug-likeness (QED) is 0.695. The van der Waals surface area contributed by atoms with E-state index < -0.39 is 0 Å². The van der Waals surface area contributed by atoms with Crippen LogP contribution in [0.3, 0.4) is 0 Å². The average molecular weight is 346 g/mol. The first-order chi connectivity index (χ1) is 8.45. The van der Waals surface area contributed by atoms with E-state index >= 15 is 0 Å². The summed E-state index contributed by atoms with van der Waals surface area (Å²) in [6.45, 7) is 2.74. The van der Waals surface area contributed by atoms with E-state index in [1.54, 1.807) is 0 Å². The van der Waals surface area contributed by atoms with Crippen LogP contribution in [-0.4, -0.2) is 31.7 Å². The van der Waals surface area contributed by atoms with Gasteiger partial charge in [-0.1, -0.05) is 31.4 Å². The first kappa shape index (κ1) is 15.2. The zero-order valence-corrected chi connectivity index (χ0v) is 12.1. The topological polar surface area (TPSA) is 42.3 Å². The molecule has 0 aromatic carbocycles. The van der Waals surface area contributed by atoms with Crippen molar-refractivity contribution in [2.75, 3.05) is 19.6 Å². The van der Waals surface area contributed by atoms with E-state index in [1.165, 1.54) is 19.3 Å². The Labute approximate surface area is 119 Å². The molecule has 3 nitrogen and oxygen atoms in total. The number of halogens is 1. The van der Waals surface area contributed by atoms with Crippen LogP contribution < -0.4 is 0 Å². The van der Waals surface area contributed by atoms with Crippen LogP contribution in [0.1, 0.15) is 19.3 Å². The van der Waals surface area contributed by atoms with Gasteiger partial charge in [0.05, 0.1) is 0 Å². The summed E-state index contributed by atoms with van der Waals surface area (Å²) in [6, 6.07) is 0.750. The molecule has 0 aromatic rings. The van der Waals surface area contributed by atoms with Gasteiger partial charge in [0.1, 0.15) is 0 Å². The molecule has 2 unspecified atom stereocenters. The second-order valence-corrected chi connectivity index (χ2v) is 4.09. The Morgan fingerprint density at radius 2 is 2.12 bits per heavy atom. The Morgan fingerprint density at radius 1 is 1.24 bits per heavy atom. The zero-order valence-electron chi connectivity index (χ0n) is 9.74. The molecule has 0 amide bonds. The number of piperidine rings is 1. The summed E-state index contributed by atoms with van der Waals surface area (Å²) < 4.78 is 0. The molecule has 0 spiro atoms. The van der Waals surface area contributed by atoms with Crippen LogP contribution in [0.25, 0.3) is 16.0 Å². The first-order valence-electron chi connectivity index (χ1n) is 5.90. The Kier molecular flexibility index (Phi) is 9.05. The molecule has 0 aromatic heterocycles. The van der Waals surface area contributed by atoms with E-state index in [2.05, 4.69) is 49.7 Å². The minimum absolute atomic E-state index is 0.263. The van der Waals surface area contributed by atoms with Crippen molar-refractivity contribution < 1.29 is 18.2 Å². The van der Waals surface area contributed by atoms with Crippen LogP contribution in [0.2, 0.25) is 0 Å². The van der Waals surface area contributed by atoms with Crippen LogP contribution >= 0.6 is 9.53 Å². The molecule has 2 rings (SSSR count). The van der Waals surface area contributed by atoms with Crippen LogP contribution in [0, 0.1) is 0 Å².